The van der Waals surface area contributed by atoms with Crippen LogP contribution < -0.4 is 10.1 Å². The van der Waals surface area contributed by atoms with E-state index in [1.165, 1.54) is 12.1 Å². The number of anilines is 1. The van der Waals surface area contributed by atoms with Gasteiger partial charge in [-0.15, -0.1) is 0 Å². The fourth-order valence-electron chi connectivity index (χ4n) is 2.72. The van der Waals surface area contributed by atoms with Gasteiger partial charge in [-0.25, -0.2) is 4.39 Å². The number of rotatable bonds is 2. The van der Waals surface area contributed by atoms with Crippen LogP contribution in [0.25, 0.3) is 0 Å². The quantitative estimate of drug-likeness (QED) is 0.802. The van der Waals surface area contributed by atoms with Crippen LogP contribution in [0.2, 0.25) is 0 Å². The molecule has 0 radical (unpaired) electrons. The number of ether oxygens (including phenoxy) is 1. The van der Waals surface area contributed by atoms with Gasteiger partial charge in [0.1, 0.15) is 11.6 Å². The highest BCUT2D eigenvalue weighted by molar-refractivity contribution is 9.10. The van der Waals surface area contributed by atoms with Gasteiger partial charge in [-0.3, -0.25) is 0 Å². The van der Waals surface area contributed by atoms with Gasteiger partial charge in [-0.2, -0.15) is 0 Å². The van der Waals surface area contributed by atoms with Gasteiger partial charge in [-0.05, 0) is 55.7 Å². The van der Waals surface area contributed by atoms with Crippen molar-refractivity contribution >= 4 is 21.6 Å². The smallest absolute Gasteiger partial charge is 0.125 e. The van der Waals surface area contributed by atoms with E-state index in [9.17, 15) is 4.39 Å². The maximum atomic E-state index is 13.5. The molecular weight excluding hydrogens is 333 g/mol. The second-order valence-corrected chi connectivity index (χ2v) is 6.30. The van der Waals surface area contributed by atoms with E-state index in [4.69, 9.17) is 4.74 Å². The summed E-state index contributed by atoms with van der Waals surface area (Å²) in [6.45, 7) is 2.61. The molecule has 4 heteroatoms. The van der Waals surface area contributed by atoms with E-state index in [0.29, 0.717) is 6.61 Å². The number of nitrogens with one attached hydrogen (secondary N) is 1. The highest BCUT2D eigenvalue weighted by Gasteiger charge is 2.20. The topological polar surface area (TPSA) is 21.3 Å². The molecule has 0 amide bonds. The third-order valence-corrected chi connectivity index (χ3v) is 4.12. The average Bonchev–Trinajstić information content (AvgIpc) is 2.60. The van der Waals surface area contributed by atoms with Crippen molar-refractivity contribution in [2.75, 3.05) is 11.9 Å². The van der Waals surface area contributed by atoms with Crippen molar-refractivity contribution in [2.24, 2.45) is 0 Å². The van der Waals surface area contributed by atoms with Crippen LogP contribution in [0, 0.1) is 12.7 Å². The van der Waals surface area contributed by atoms with Crippen molar-refractivity contribution in [2.45, 2.75) is 25.8 Å². The first-order valence-electron chi connectivity index (χ1n) is 7.08. The second-order valence-electron chi connectivity index (χ2n) is 5.39. The Kier molecular flexibility index (Phi) is 4.15. The Morgan fingerprint density at radius 1 is 1.24 bits per heavy atom. The van der Waals surface area contributed by atoms with Crippen molar-refractivity contribution in [3.05, 3.63) is 57.8 Å². The van der Waals surface area contributed by atoms with Crippen LogP contribution in [-0.2, 0) is 0 Å². The maximum absolute atomic E-state index is 13.5. The molecule has 21 heavy (non-hydrogen) atoms. The molecule has 1 aliphatic rings. The first-order valence-corrected chi connectivity index (χ1v) is 7.87. The molecule has 2 aromatic carbocycles. The highest BCUT2D eigenvalue weighted by atomic mass is 79.9. The van der Waals surface area contributed by atoms with Crippen LogP contribution in [0.4, 0.5) is 10.1 Å². The summed E-state index contributed by atoms with van der Waals surface area (Å²) in [6.07, 6.45) is 1.93. The predicted octanol–water partition coefficient (Wildman–Crippen LogP) is 5.22. The van der Waals surface area contributed by atoms with E-state index >= 15 is 0 Å². The van der Waals surface area contributed by atoms with E-state index < -0.39 is 0 Å². The zero-order chi connectivity index (χ0) is 14.8. The number of fused-ring (bicyclic) bond motifs is 1. The molecular formula is C17H17BrFNO. The number of hydrogen-bond acceptors (Lipinski definition) is 2. The molecule has 1 heterocycles. The van der Waals surface area contributed by atoms with E-state index in [-0.39, 0.29) is 11.9 Å². The average molecular weight is 350 g/mol. The summed E-state index contributed by atoms with van der Waals surface area (Å²) in [5, 5.41) is 3.44. The molecule has 110 valence electrons. The minimum atomic E-state index is -0.210. The second kappa shape index (κ2) is 6.06. The normalized spacial score (nSPS) is 17.6. The molecule has 0 aliphatic carbocycles. The number of aryl methyl sites for hydroxylation is 1. The summed E-state index contributed by atoms with van der Waals surface area (Å²) in [6, 6.07) is 11.2. The lowest BCUT2D eigenvalue weighted by molar-refractivity contribution is 0.316. The summed E-state index contributed by atoms with van der Waals surface area (Å²) >= 11 is 3.47. The molecule has 1 atom stereocenters. The monoisotopic (exact) mass is 349 g/mol. The fourth-order valence-corrected chi connectivity index (χ4v) is 3.06. The first-order chi connectivity index (χ1) is 10.1. The molecule has 0 bridgehead atoms. The lowest BCUT2D eigenvalue weighted by Crippen LogP contribution is -2.10. The Hall–Kier alpha value is -1.55. The fraction of sp³-hybridized carbons (Fsp3) is 0.294. The Labute approximate surface area is 132 Å². The van der Waals surface area contributed by atoms with Crippen LogP contribution in [0.15, 0.2) is 40.9 Å². The molecule has 0 aromatic heterocycles. The summed E-state index contributed by atoms with van der Waals surface area (Å²) in [5.41, 5.74) is 2.85. The van der Waals surface area contributed by atoms with Crippen LogP contribution in [0.1, 0.15) is 30.0 Å². The van der Waals surface area contributed by atoms with Gasteiger partial charge < -0.3 is 10.1 Å². The van der Waals surface area contributed by atoms with E-state index in [1.54, 1.807) is 0 Å². The third-order valence-electron chi connectivity index (χ3n) is 3.63. The summed E-state index contributed by atoms with van der Waals surface area (Å²) in [7, 11) is 0. The highest BCUT2D eigenvalue weighted by Crippen LogP contribution is 2.35. The summed E-state index contributed by atoms with van der Waals surface area (Å²) in [5.74, 6) is 0.686. The standard InChI is InChI=1S/C17H17BrFNO/c1-11-7-13(19)10-14(8-11)20-16-3-2-6-21-17-9-12(18)4-5-15(16)17/h4-5,7-10,16,20H,2-3,6H2,1H3. The molecule has 2 nitrogen and oxygen atoms in total. The third kappa shape index (κ3) is 3.38. The summed E-state index contributed by atoms with van der Waals surface area (Å²) < 4.78 is 20.3. The van der Waals surface area contributed by atoms with Gasteiger partial charge in [0, 0.05) is 15.7 Å². The van der Waals surface area contributed by atoms with E-state index in [0.717, 1.165) is 39.9 Å². The molecule has 0 saturated heterocycles. The lowest BCUT2D eigenvalue weighted by Gasteiger charge is -2.20. The van der Waals surface area contributed by atoms with Crippen molar-refractivity contribution in [3.63, 3.8) is 0 Å². The van der Waals surface area contributed by atoms with Gasteiger partial charge in [0.2, 0.25) is 0 Å². The van der Waals surface area contributed by atoms with Gasteiger partial charge in [0.15, 0.2) is 0 Å². The zero-order valence-corrected chi connectivity index (χ0v) is 13.4. The molecule has 3 rings (SSSR count). The SMILES string of the molecule is Cc1cc(F)cc(NC2CCCOc3cc(Br)ccc32)c1. The van der Waals surface area contributed by atoms with E-state index in [2.05, 4.69) is 27.3 Å². The molecule has 2 aromatic rings. The Balaban J connectivity index is 1.91. The molecule has 0 fully saturated rings. The van der Waals surface area contributed by atoms with Crippen LogP contribution in [0.5, 0.6) is 5.75 Å². The number of benzene rings is 2. The molecule has 1 unspecified atom stereocenters. The minimum absolute atomic E-state index is 0.136. The van der Waals surface area contributed by atoms with Crippen LogP contribution >= 0.6 is 15.9 Å². The Morgan fingerprint density at radius 2 is 2.10 bits per heavy atom. The molecule has 1 aliphatic heterocycles. The predicted molar refractivity (Wildman–Crippen MR) is 86.4 cm³/mol. The zero-order valence-electron chi connectivity index (χ0n) is 11.8. The lowest BCUT2D eigenvalue weighted by atomic mass is 10.0. The van der Waals surface area contributed by atoms with Gasteiger partial charge in [0.25, 0.3) is 0 Å². The molecule has 0 saturated carbocycles. The van der Waals surface area contributed by atoms with Crippen molar-refractivity contribution in [1.82, 2.24) is 0 Å². The Bertz CT molecular complexity index is 639. The summed E-state index contributed by atoms with van der Waals surface area (Å²) in [4.78, 5) is 0. The van der Waals surface area contributed by atoms with Gasteiger partial charge in [-0.1, -0.05) is 22.0 Å². The number of hydrogen-bond donors (Lipinski definition) is 1. The Morgan fingerprint density at radius 3 is 2.90 bits per heavy atom. The van der Waals surface area contributed by atoms with Crippen LogP contribution in [-0.4, -0.2) is 6.61 Å². The van der Waals surface area contributed by atoms with Crippen LogP contribution in [0.3, 0.4) is 0 Å². The molecule has 0 spiro atoms. The maximum Gasteiger partial charge on any atom is 0.125 e. The first kappa shape index (κ1) is 14.4. The van der Waals surface area contributed by atoms with E-state index in [1.807, 2.05) is 25.1 Å². The van der Waals surface area contributed by atoms with Crippen molar-refractivity contribution in [1.29, 1.82) is 0 Å². The van der Waals surface area contributed by atoms with Crippen molar-refractivity contribution < 1.29 is 9.13 Å². The largest absolute Gasteiger partial charge is 0.493 e. The van der Waals surface area contributed by atoms with Gasteiger partial charge in [0.05, 0.1) is 12.6 Å². The van der Waals surface area contributed by atoms with Crippen molar-refractivity contribution in [3.8, 4) is 5.75 Å². The molecule has 1 N–H and O–H groups in total. The number of halogens is 2. The van der Waals surface area contributed by atoms with Gasteiger partial charge >= 0.3 is 0 Å². The minimum Gasteiger partial charge on any atom is -0.493 e.